The summed E-state index contributed by atoms with van der Waals surface area (Å²) in [6, 6.07) is 7.30. The summed E-state index contributed by atoms with van der Waals surface area (Å²) in [5, 5.41) is 15.0. The van der Waals surface area contributed by atoms with Crippen LogP contribution in [0.2, 0.25) is 10.0 Å². The Hall–Kier alpha value is -3.09. The van der Waals surface area contributed by atoms with Gasteiger partial charge in [-0.1, -0.05) is 49.0 Å². The van der Waals surface area contributed by atoms with Gasteiger partial charge in [0.1, 0.15) is 24.0 Å². The molecule has 1 aliphatic rings. The molecule has 11 nitrogen and oxygen atoms in total. The van der Waals surface area contributed by atoms with Crippen LogP contribution in [0.3, 0.4) is 0 Å². The van der Waals surface area contributed by atoms with Crippen LogP contribution in [0.15, 0.2) is 36.4 Å². The molecule has 14 heteroatoms. The van der Waals surface area contributed by atoms with Crippen molar-refractivity contribution in [2.45, 2.75) is 57.7 Å². The van der Waals surface area contributed by atoms with E-state index in [0.29, 0.717) is 5.56 Å². The number of nitro groups is 1. The van der Waals surface area contributed by atoms with E-state index < -0.39 is 33.4 Å². The number of nitrogens with one attached hydrogen (secondary N) is 1. The second-order valence-electron chi connectivity index (χ2n) is 9.52. The number of anilines is 1. The quantitative estimate of drug-likeness (QED) is 0.273. The molecule has 2 aromatic carbocycles. The Morgan fingerprint density at radius 1 is 1.18 bits per heavy atom. The molecule has 2 aromatic rings. The Kier molecular flexibility index (Phi) is 10.6. The van der Waals surface area contributed by atoms with Crippen molar-refractivity contribution in [2.75, 3.05) is 24.2 Å². The van der Waals surface area contributed by atoms with E-state index in [-0.39, 0.29) is 52.1 Å². The topological polar surface area (TPSA) is 139 Å². The van der Waals surface area contributed by atoms with Gasteiger partial charge in [-0.2, -0.15) is 0 Å². The van der Waals surface area contributed by atoms with Gasteiger partial charge in [0.2, 0.25) is 21.8 Å². The molecule has 1 fully saturated rings. The zero-order valence-corrected chi connectivity index (χ0v) is 24.8. The van der Waals surface area contributed by atoms with Crippen molar-refractivity contribution in [3.05, 3.63) is 62.1 Å². The standard InChI is InChI=1S/C26H32Cl2N4O7S/c1-4-22(26(34)29-17-8-5-6-9-17)30(15-19-20(27)10-7-11-21(19)28)25(33)16-31(40(3,37)38)23-14-18(32(35)36)12-13-24(23)39-2/h7,10-14,17,22H,4-6,8-9,15-16H2,1-3H3,(H,29,34)/t22-/m0/s1. The first-order chi connectivity index (χ1) is 18.9. The number of nitro benzene ring substituents is 1. The molecule has 0 aliphatic heterocycles. The Labute approximate surface area is 243 Å². The van der Waals surface area contributed by atoms with Crippen LogP contribution in [-0.4, -0.2) is 62.0 Å². The van der Waals surface area contributed by atoms with Crippen LogP contribution < -0.4 is 14.4 Å². The lowest BCUT2D eigenvalue weighted by Crippen LogP contribution is -2.53. The molecule has 40 heavy (non-hydrogen) atoms. The highest BCUT2D eigenvalue weighted by Gasteiger charge is 2.34. The minimum Gasteiger partial charge on any atom is -0.495 e. The predicted octanol–water partition coefficient (Wildman–Crippen LogP) is 4.54. The molecule has 3 rings (SSSR count). The average molecular weight is 616 g/mol. The molecule has 0 spiro atoms. The van der Waals surface area contributed by atoms with Gasteiger partial charge >= 0.3 is 0 Å². The van der Waals surface area contributed by atoms with Crippen molar-refractivity contribution in [1.29, 1.82) is 0 Å². The fourth-order valence-electron chi connectivity index (χ4n) is 4.72. The maximum atomic E-state index is 13.9. The molecule has 0 bridgehead atoms. The molecule has 218 valence electrons. The number of amides is 2. The number of hydrogen-bond donors (Lipinski definition) is 1. The zero-order chi connectivity index (χ0) is 29.6. The summed E-state index contributed by atoms with van der Waals surface area (Å²) >= 11 is 12.8. The molecule has 1 N–H and O–H groups in total. The van der Waals surface area contributed by atoms with E-state index >= 15 is 0 Å². The normalized spacial score (nSPS) is 14.4. The lowest BCUT2D eigenvalue weighted by Gasteiger charge is -2.34. The molecule has 0 unspecified atom stereocenters. The minimum absolute atomic E-state index is 0.00976. The fourth-order valence-corrected chi connectivity index (χ4v) is 6.08. The van der Waals surface area contributed by atoms with Gasteiger partial charge in [0.25, 0.3) is 5.69 Å². The molecule has 1 saturated carbocycles. The monoisotopic (exact) mass is 614 g/mol. The number of carbonyl (C=O) groups is 2. The predicted molar refractivity (Wildman–Crippen MR) is 153 cm³/mol. The van der Waals surface area contributed by atoms with Gasteiger partial charge in [-0.25, -0.2) is 8.42 Å². The van der Waals surface area contributed by atoms with Crippen LogP contribution in [0.5, 0.6) is 5.75 Å². The third-order valence-electron chi connectivity index (χ3n) is 6.80. The lowest BCUT2D eigenvalue weighted by atomic mass is 10.1. The van der Waals surface area contributed by atoms with Gasteiger partial charge < -0.3 is 15.0 Å². The first-order valence-corrected chi connectivity index (χ1v) is 15.3. The van der Waals surface area contributed by atoms with Crippen LogP contribution in [0, 0.1) is 10.1 Å². The molecule has 1 atom stereocenters. The summed E-state index contributed by atoms with van der Waals surface area (Å²) in [7, 11) is -2.87. The van der Waals surface area contributed by atoms with Crippen molar-refractivity contribution >= 4 is 56.4 Å². The van der Waals surface area contributed by atoms with E-state index in [4.69, 9.17) is 27.9 Å². The Morgan fingerprint density at radius 3 is 2.33 bits per heavy atom. The van der Waals surface area contributed by atoms with Crippen LogP contribution >= 0.6 is 23.2 Å². The summed E-state index contributed by atoms with van der Waals surface area (Å²) in [4.78, 5) is 39.3. The highest BCUT2D eigenvalue weighted by Crippen LogP contribution is 2.34. The lowest BCUT2D eigenvalue weighted by molar-refractivity contribution is -0.384. The molecule has 1 aliphatic carbocycles. The largest absolute Gasteiger partial charge is 0.495 e. The average Bonchev–Trinajstić information content (AvgIpc) is 3.40. The fraction of sp³-hybridized carbons (Fsp3) is 0.462. The molecule has 0 radical (unpaired) electrons. The van der Waals surface area contributed by atoms with Crippen molar-refractivity contribution in [1.82, 2.24) is 10.2 Å². The number of nitrogens with zero attached hydrogens (tertiary/aromatic N) is 3. The van der Waals surface area contributed by atoms with Crippen molar-refractivity contribution in [3.63, 3.8) is 0 Å². The number of rotatable bonds is 12. The highest BCUT2D eigenvalue weighted by molar-refractivity contribution is 7.92. The van der Waals surface area contributed by atoms with Crippen LogP contribution in [0.25, 0.3) is 0 Å². The van der Waals surface area contributed by atoms with E-state index in [9.17, 15) is 28.1 Å². The second kappa shape index (κ2) is 13.5. The summed E-state index contributed by atoms with van der Waals surface area (Å²) in [6.45, 7) is 0.814. The Morgan fingerprint density at radius 2 is 1.80 bits per heavy atom. The van der Waals surface area contributed by atoms with Gasteiger partial charge in [0.15, 0.2) is 0 Å². The third-order valence-corrected chi connectivity index (χ3v) is 8.63. The van der Waals surface area contributed by atoms with E-state index in [0.717, 1.165) is 48.4 Å². The summed E-state index contributed by atoms with van der Waals surface area (Å²) in [5.74, 6) is -1.09. The number of non-ortho nitro benzene ring substituents is 1. The van der Waals surface area contributed by atoms with Gasteiger partial charge in [-0.15, -0.1) is 0 Å². The molecule has 0 aromatic heterocycles. The number of sulfonamides is 1. The van der Waals surface area contributed by atoms with E-state index in [1.807, 2.05) is 0 Å². The van der Waals surface area contributed by atoms with Crippen molar-refractivity contribution < 1.29 is 27.7 Å². The first-order valence-electron chi connectivity index (χ1n) is 12.7. The third kappa shape index (κ3) is 7.55. The highest BCUT2D eigenvalue weighted by atomic mass is 35.5. The van der Waals surface area contributed by atoms with Crippen LogP contribution in [0.4, 0.5) is 11.4 Å². The molecular formula is C26H32Cl2N4O7S. The second-order valence-corrected chi connectivity index (χ2v) is 12.2. The summed E-state index contributed by atoms with van der Waals surface area (Å²) in [5.41, 5.74) is -0.184. The van der Waals surface area contributed by atoms with Gasteiger partial charge in [-0.3, -0.25) is 24.0 Å². The van der Waals surface area contributed by atoms with E-state index in [2.05, 4.69) is 5.32 Å². The first kappa shape index (κ1) is 31.4. The maximum absolute atomic E-state index is 13.9. The van der Waals surface area contributed by atoms with E-state index in [1.165, 1.54) is 18.1 Å². The van der Waals surface area contributed by atoms with Crippen molar-refractivity contribution in [3.8, 4) is 5.75 Å². The van der Waals surface area contributed by atoms with Gasteiger partial charge in [0.05, 0.1) is 18.3 Å². The van der Waals surface area contributed by atoms with Gasteiger partial charge in [-0.05, 0) is 37.5 Å². The maximum Gasteiger partial charge on any atom is 0.271 e. The number of benzene rings is 2. The Bertz CT molecular complexity index is 1350. The smallest absolute Gasteiger partial charge is 0.271 e. The zero-order valence-electron chi connectivity index (χ0n) is 22.4. The molecular weight excluding hydrogens is 583 g/mol. The van der Waals surface area contributed by atoms with Crippen LogP contribution in [-0.2, 0) is 26.2 Å². The van der Waals surface area contributed by atoms with Crippen LogP contribution in [0.1, 0.15) is 44.6 Å². The van der Waals surface area contributed by atoms with E-state index in [1.54, 1.807) is 25.1 Å². The minimum atomic E-state index is -4.15. The number of ether oxygens (including phenoxy) is 1. The molecule has 0 heterocycles. The molecule has 0 saturated heterocycles. The number of hydrogen-bond acceptors (Lipinski definition) is 7. The Balaban J connectivity index is 2.05. The SMILES string of the molecule is CC[C@@H](C(=O)NC1CCCC1)N(Cc1c(Cl)cccc1Cl)C(=O)CN(c1cc([N+](=O)[O-])ccc1OC)S(C)(=O)=O. The van der Waals surface area contributed by atoms with Gasteiger partial charge in [0, 0.05) is 40.3 Å². The molecule has 2 amide bonds. The summed E-state index contributed by atoms with van der Waals surface area (Å²) in [6.07, 6.45) is 4.76. The van der Waals surface area contributed by atoms with Crippen molar-refractivity contribution in [2.24, 2.45) is 0 Å². The summed E-state index contributed by atoms with van der Waals surface area (Å²) < 4.78 is 31.8. The number of carbonyl (C=O) groups excluding carboxylic acids is 2. The number of halogens is 2. The number of methoxy groups -OCH3 is 1.